The van der Waals surface area contributed by atoms with Crippen molar-refractivity contribution in [1.29, 1.82) is 0 Å². The second-order valence-electron chi connectivity index (χ2n) is 3.07. The van der Waals surface area contributed by atoms with Gasteiger partial charge in [0, 0.05) is 37.4 Å². The van der Waals surface area contributed by atoms with E-state index in [2.05, 4.69) is 15.2 Å². The van der Waals surface area contributed by atoms with Gasteiger partial charge in [-0.2, -0.15) is 0 Å². The van der Waals surface area contributed by atoms with Gasteiger partial charge in [0.25, 0.3) is 0 Å². The molecular formula is C9H13Cl2N3. The SMILES string of the molecule is Cl.Clc1ccnc(N2CCNCC2)c1. The van der Waals surface area contributed by atoms with Gasteiger partial charge in [-0.25, -0.2) is 4.98 Å². The van der Waals surface area contributed by atoms with Crippen molar-refractivity contribution in [1.82, 2.24) is 10.3 Å². The van der Waals surface area contributed by atoms with Gasteiger partial charge in [0.1, 0.15) is 5.82 Å². The first-order chi connectivity index (χ1) is 6.36. The van der Waals surface area contributed by atoms with Crippen LogP contribution in [0, 0.1) is 0 Å². The highest BCUT2D eigenvalue weighted by Crippen LogP contribution is 2.16. The molecule has 0 atom stereocenters. The smallest absolute Gasteiger partial charge is 0.130 e. The topological polar surface area (TPSA) is 28.2 Å². The molecule has 0 unspecified atom stereocenters. The van der Waals surface area contributed by atoms with Crippen LogP contribution in [-0.4, -0.2) is 31.2 Å². The summed E-state index contributed by atoms with van der Waals surface area (Å²) in [5, 5.41) is 4.05. The summed E-state index contributed by atoms with van der Waals surface area (Å²) in [6, 6.07) is 3.71. The van der Waals surface area contributed by atoms with Crippen molar-refractivity contribution in [2.24, 2.45) is 0 Å². The minimum atomic E-state index is 0. The second-order valence-corrected chi connectivity index (χ2v) is 3.51. The molecule has 2 heterocycles. The summed E-state index contributed by atoms with van der Waals surface area (Å²) in [5.74, 6) is 0.981. The standard InChI is InChI=1S/C9H12ClN3.ClH/c10-8-1-2-12-9(7-8)13-5-3-11-4-6-13;/h1-2,7,11H,3-6H2;1H. The first kappa shape index (κ1) is 11.6. The lowest BCUT2D eigenvalue weighted by molar-refractivity contribution is 0.585. The second kappa shape index (κ2) is 5.39. The van der Waals surface area contributed by atoms with Crippen molar-refractivity contribution in [2.45, 2.75) is 0 Å². The molecule has 1 fully saturated rings. The first-order valence-electron chi connectivity index (χ1n) is 4.43. The molecule has 1 N–H and O–H groups in total. The lowest BCUT2D eigenvalue weighted by Gasteiger charge is -2.28. The highest BCUT2D eigenvalue weighted by molar-refractivity contribution is 6.30. The van der Waals surface area contributed by atoms with Gasteiger partial charge in [0.15, 0.2) is 0 Å². The van der Waals surface area contributed by atoms with Gasteiger partial charge in [-0.1, -0.05) is 11.6 Å². The molecule has 1 aliphatic heterocycles. The average molecular weight is 234 g/mol. The van der Waals surface area contributed by atoms with Gasteiger partial charge in [-0.05, 0) is 12.1 Å². The van der Waals surface area contributed by atoms with E-state index in [1.807, 2.05) is 6.07 Å². The van der Waals surface area contributed by atoms with E-state index in [4.69, 9.17) is 11.6 Å². The maximum Gasteiger partial charge on any atom is 0.130 e. The highest BCUT2D eigenvalue weighted by Gasteiger charge is 2.10. The van der Waals surface area contributed by atoms with Gasteiger partial charge < -0.3 is 10.2 Å². The van der Waals surface area contributed by atoms with Crippen LogP contribution in [0.5, 0.6) is 0 Å². The third-order valence-corrected chi connectivity index (χ3v) is 2.38. The third-order valence-electron chi connectivity index (χ3n) is 2.15. The number of anilines is 1. The number of nitrogens with one attached hydrogen (secondary N) is 1. The number of hydrogen-bond acceptors (Lipinski definition) is 3. The summed E-state index contributed by atoms with van der Waals surface area (Å²) in [6.07, 6.45) is 1.75. The van der Waals surface area contributed by atoms with E-state index in [9.17, 15) is 0 Å². The molecular weight excluding hydrogens is 221 g/mol. The zero-order valence-corrected chi connectivity index (χ0v) is 9.31. The van der Waals surface area contributed by atoms with Crippen LogP contribution in [0.4, 0.5) is 5.82 Å². The van der Waals surface area contributed by atoms with E-state index in [0.717, 1.165) is 37.0 Å². The fraction of sp³-hybridized carbons (Fsp3) is 0.444. The van der Waals surface area contributed by atoms with E-state index in [-0.39, 0.29) is 12.4 Å². The molecule has 78 valence electrons. The number of rotatable bonds is 1. The summed E-state index contributed by atoms with van der Waals surface area (Å²) in [4.78, 5) is 6.52. The van der Waals surface area contributed by atoms with E-state index in [0.29, 0.717) is 0 Å². The molecule has 3 nitrogen and oxygen atoms in total. The predicted molar refractivity (Wildman–Crippen MR) is 61.6 cm³/mol. The van der Waals surface area contributed by atoms with Crippen LogP contribution in [0.2, 0.25) is 5.02 Å². The first-order valence-corrected chi connectivity index (χ1v) is 4.81. The van der Waals surface area contributed by atoms with Gasteiger partial charge in [0.2, 0.25) is 0 Å². The Hall–Kier alpha value is -0.510. The van der Waals surface area contributed by atoms with Crippen molar-refractivity contribution in [3.8, 4) is 0 Å². The van der Waals surface area contributed by atoms with E-state index >= 15 is 0 Å². The molecule has 0 amide bonds. The predicted octanol–water partition coefficient (Wildman–Crippen LogP) is 1.57. The number of nitrogens with zero attached hydrogens (tertiary/aromatic N) is 2. The molecule has 0 bridgehead atoms. The molecule has 0 spiro atoms. The lowest BCUT2D eigenvalue weighted by atomic mass is 10.3. The molecule has 1 aliphatic rings. The molecule has 1 aromatic heterocycles. The number of halogens is 2. The Kier molecular flexibility index (Phi) is 4.45. The Morgan fingerprint density at radius 3 is 2.71 bits per heavy atom. The van der Waals surface area contributed by atoms with Crippen molar-refractivity contribution < 1.29 is 0 Å². The van der Waals surface area contributed by atoms with Crippen molar-refractivity contribution >= 4 is 29.8 Å². The monoisotopic (exact) mass is 233 g/mol. The summed E-state index contributed by atoms with van der Waals surface area (Å²) >= 11 is 5.88. The normalized spacial score (nSPS) is 16.2. The molecule has 5 heteroatoms. The van der Waals surface area contributed by atoms with Crippen molar-refractivity contribution in [3.05, 3.63) is 23.4 Å². The Balaban J connectivity index is 0.000000980. The van der Waals surface area contributed by atoms with E-state index in [1.165, 1.54) is 0 Å². The highest BCUT2D eigenvalue weighted by atomic mass is 35.5. The van der Waals surface area contributed by atoms with Crippen LogP contribution in [0.3, 0.4) is 0 Å². The van der Waals surface area contributed by atoms with Crippen LogP contribution in [-0.2, 0) is 0 Å². The van der Waals surface area contributed by atoms with Gasteiger partial charge in [0.05, 0.1) is 0 Å². The number of hydrogen-bond donors (Lipinski definition) is 1. The summed E-state index contributed by atoms with van der Waals surface area (Å²) < 4.78 is 0. The van der Waals surface area contributed by atoms with Gasteiger partial charge in [-0.3, -0.25) is 0 Å². The number of piperazine rings is 1. The molecule has 0 saturated carbocycles. The van der Waals surface area contributed by atoms with Crippen LogP contribution in [0.15, 0.2) is 18.3 Å². The minimum absolute atomic E-state index is 0. The molecule has 0 aromatic carbocycles. The number of pyridine rings is 1. The summed E-state index contributed by atoms with van der Waals surface area (Å²) in [5.41, 5.74) is 0. The van der Waals surface area contributed by atoms with Crippen LogP contribution in [0.1, 0.15) is 0 Å². The Morgan fingerprint density at radius 2 is 2.07 bits per heavy atom. The Labute approximate surface area is 94.9 Å². The van der Waals surface area contributed by atoms with E-state index in [1.54, 1.807) is 12.3 Å². The lowest BCUT2D eigenvalue weighted by Crippen LogP contribution is -2.43. The average Bonchev–Trinajstić information content (AvgIpc) is 2.19. The largest absolute Gasteiger partial charge is 0.354 e. The summed E-state index contributed by atoms with van der Waals surface area (Å²) in [7, 11) is 0. The molecule has 1 saturated heterocycles. The Bertz CT molecular complexity index is 287. The number of aromatic nitrogens is 1. The van der Waals surface area contributed by atoms with Crippen LogP contribution in [0.25, 0.3) is 0 Å². The maximum absolute atomic E-state index is 5.88. The Morgan fingerprint density at radius 1 is 1.36 bits per heavy atom. The minimum Gasteiger partial charge on any atom is -0.354 e. The van der Waals surface area contributed by atoms with Gasteiger partial charge in [-0.15, -0.1) is 12.4 Å². The molecule has 0 radical (unpaired) electrons. The van der Waals surface area contributed by atoms with E-state index < -0.39 is 0 Å². The molecule has 0 aliphatic carbocycles. The van der Waals surface area contributed by atoms with Crippen LogP contribution >= 0.6 is 24.0 Å². The third kappa shape index (κ3) is 2.74. The van der Waals surface area contributed by atoms with Crippen LogP contribution < -0.4 is 10.2 Å². The zero-order valence-electron chi connectivity index (χ0n) is 7.74. The molecule has 2 rings (SSSR count). The molecule has 1 aromatic rings. The quantitative estimate of drug-likeness (QED) is 0.799. The van der Waals surface area contributed by atoms with Crippen molar-refractivity contribution in [3.63, 3.8) is 0 Å². The fourth-order valence-electron chi connectivity index (χ4n) is 1.46. The van der Waals surface area contributed by atoms with Gasteiger partial charge >= 0.3 is 0 Å². The fourth-order valence-corrected chi connectivity index (χ4v) is 1.61. The maximum atomic E-state index is 5.88. The van der Waals surface area contributed by atoms with Crippen molar-refractivity contribution in [2.75, 3.05) is 31.1 Å². The summed E-state index contributed by atoms with van der Waals surface area (Å²) in [6.45, 7) is 4.06. The molecule has 14 heavy (non-hydrogen) atoms. The zero-order chi connectivity index (χ0) is 9.10.